The first-order valence-electron chi connectivity index (χ1n) is 3.44. The van der Waals surface area contributed by atoms with Gasteiger partial charge in [0.25, 0.3) is 11.8 Å². The van der Waals surface area contributed by atoms with Crippen LogP contribution < -0.4 is 62.4 Å². The third-order valence-electron chi connectivity index (χ3n) is 1.80. The van der Waals surface area contributed by atoms with Gasteiger partial charge in [-0.25, -0.2) is 0 Å². The molecule has 0 aromatic heterocycles. The largest absolute Gasteiger partial charge is 1.00 e. The standard InChI is InChI=1S/C8H6N2O2.K.H/c9-5-3-1-2-4-6(5)8(12)10-7(4)11;;/h1-3H,9H2,(H,10,11,12);;/q;+1;-1. The fourth-order valence-corrected chi connectivity index (χ4v) is 1.25. The van der Waals surface area contributed by atoms with Gasteiger partial charge in [0.2, 0.25) is 0 Å². The Morgan fingerprint density at radius 1 is 1.23 bits per heavy atom. The normalized spacial score (nSPS) is 13.2. The second-order valence-corrected chi connectivity index (χ2v) is 2.55. The molecule has 0 atom stereocenters. The number of carbonyl (C=O) groups excluding carboxylic acids is 2. The fourth-order valence-electron chi connectivity index (χ4n) is 1.25. The molecule has 0 saturated carbocycles. The van der Waals surface area contributed by atoms with E-state index in [4.69, 9.17) is 5.73 Å². The quantitative estimate of drug-likeness (QED) is 0.272. The van der Waals surface area contributed by atoms with Crippen LogP contribution in [0.4, 0.5) is 5.69 Å². The van der Waals surface area contributed by atoms with Gasteiger partial charge in [0, 0.05) is 5.69 Å². The van der Waals surface area contributed by atoms with Crippen LogP contribution in [-0.2, 0) is 0 Å². The van der Waals surface area contributed by atoms with Gasteiger partial charge in [-0.2, -0.15) is 0 Å². The maximum atomic E-state index is 11.1. The summed E-state index contributed by atoms with van der Waals surface area (Å²) in [5, 5.41) is 2.17. The van der Waals surface area contributed by atoms with E-state index in [9.17, 15) is 9.59 Å². The molecule has 1 heterocycles. The number of nitrogens with one attached hydrogen (secondary N) is 1. The number of imide groups is 1. The Labute approximate surface area is 119 Å². The van der Waals surface area contributed by atoms with E-state index in [2.05, 4.69) is 5.32 Å². The third-order valence-corrected chi connectivity index (χ3v) is 1.80. The van der Waals surface area contributed by atoms with Crippen LogP contribution in [0.25, 0.3) is 0 Å². The van der Waals surface area contributed by atoms with Crippen molar-refractivity contribution >= 4 is 17.5 Å². The zero-order valence-corrected chi connectivity index (χ0v) is 10.2. The van der Waals surface area contributed by atoms with E-state index in [-0.39, 0.29) is 58.7 Å². The van der Waals surface area contributed by atoms with E-state index >= 15 is 0 Å². The second-order valence-electron chi connectivity index (χ2n) is 2.55. The van der Waals surface area contributed by atoms with E-state index in [0.717, 1.165) is 0 Å². The number of carbonyl (C=O) groups is 2. The van der Waals surface area contributed by atoms with Crippen molar-refractivity contribution in [3.63, 3.8) is 0 Å². The van der Waals surface area contributed by atoms with E-state index in [0.29, 0.717) is 16.8 Å². The van der Waals surface area contributed by atoms with Crippen LogP contribution in [0.1, 0.15) is 22.1 Å². The van der Waals surface area contributed by atoms with Crippen molar-refractivity contribution in [2.45, 2.75) is 0 Å². The van der Waals surface area contributed by atoms with Crippen molar-refractivity contribution in [1.82, 2.24) is 5.32 Å². The summed E-state index contributed by atoms with van der Waals surface area (Å²) in [6, 6.07) is 4.81. The minimum atomic E-state index is -0.409. The Hall–Kier alpha value is -0.204. The fraction of sp³-hybridized carbons (Fsp3) is 0. The summed E-state index contributed by atoms with van der Waals surface area (Å²) in [6.07, 6.45) is 0. The number of nitrogen functional groups attached to an aromatic ring is 1. The zero-order chi connectivity index (χ0) is 8.72. The maximum Gasteiger partial charge on any atom is 1.00 e. The van der Waals surface area contributed by atoms with Gasteiger partial charge in [-0.3, -0.25) is 14.9 Å². The number of nitrogens with two attached hydrogens (primary N) is 1. The summed E-state index contributed by atoms with van der Waals surface area (Å²) in [7, 11) is 0. The average Bonchev–Trinajstić information content (AvgIpc) is 2.29. The van der Waals surface area contributed by atoms with E-state index in [1.54, 1.807) is 18.2 Å². The molecule has 0 bridgehead atoms. The summed E-state index contributed by atoms with van der Waals surface area (Å²) < 4.78 is 0. The van der Waals surface area contributed by atoms with Crippen molar-refractivity contribution in [3.8, 4) is 0 Å². The molecule has 4 nitrogen and oxygen atoms in total. The molecule has 5 heteroatoms. The predicted octanol–water partition coefficient (Wildman–Crippen LogP) is -2.73. The minimum Gasteiger partial charge on any atom is -1.00 e. The van der Waals surface area contributed by atoms with Gasteiger partial charge in [0.15, 0.2) is 0 Å². The molecule has 3 N–H and O–H groups in total. The van der Waals surface area contributed by atoms with Gasteiger partial charge < -0.3 is 7.16 Å². The summed E-state index contributed by atoms with van der Waals surface area (Å²) in [5.41, 5.74) is 6.51. The summed E-state index contributed by atoms with van der Waals surface area (Å²) in [4.78, 5) is 22.1. The number of benzene rings is 1. The van der Waals surface area contributed by atoms with Crippen molar-refractivity contribution < 1.29 is 62.4 Å². The maximum absolute atomic E-state index is 11.1. The molecule has 0 spiro atoms. The van der Waals surface area contributed by atoms with Crippen molar-refractivity contribution in [1.29, 1.82) is 0 Å². The Kier molecular flexibility index (Phi) is 3.26. The van der Waals surface area contributed by atoms with Gasteiger partial charge in [-0.15, -0.1) is 0 Å². The smallest absolute Gasteiger partial charge is 1.00 e. The van der Waals surface area contributed by atoms with Crippen molar-refractivity contribution in [2.75, 3.05) is 5.73 Å². The molecule has 0 radical (unpaired) electrons. The Bertz CT molecular complexity index is 395. The molecular weight excluding hydrogens is 195 g/mol. The number of fused-ring (bicyclic) bond motifs is 1. The van der Waals surface area contributed by atoms with Crippen LogP contribution in [0.2, 0.25) is 0 Å². The predicted molar refractivity (Wildman–Crippen MR) is 43.8 cm³/mol. The molecule has 62 valence electrons. The molecule has 0 saturated heterocycles. The van der Waals surface area contributed by atoms with Crippen LogP contribution in [0, 0.1) is 0 Å². The van der Waals surface area contributed by atoms with Gasteiger partial charge in [-0.05, 0) is 12.1 Å². The molecular formula is C8H7KN2O2. The molecule has 0 aliphatic carbocycles. The monoisotopic (exact) mass is 202 g/mol. The minimum absolute atomic E-state index is 0. The molecule has 2 amide bonds. The first-order valence-corrected chi connectivity index (χ1v) is 3.44. The molecule has 0 fully saturated rings. The Morgan fingerprint density at radius 3 is 2.54 bits per heavy atom. The summed E-state index contributed by atoms with van der Waals surface area (Å²) >= 11 is 0. The topological polar surface area (TPSA) is 72.2 Å². The van der Waals surface area contributed by atoms with E-state index < -0.39 is 5.91 Å². The van der Waals surface area contributed by atoms with Crippen LogP contribution in [-0.4, -0.2) is 11.8 Å². The number of rotatable bonds is 0. The van der Waals surface area contributed by atoms with Crippen LogP contribution in [0.5, 0.6) is 0 Å². The molecule has 1 aliphatic heterocycles. The Balaban J connectivity index is 0.000000845. The van der Waals surface area contributed by atoms with Crippen LogP contribution in [0.3, 0.4) is 0 Å². The molecule has 1 aliphatic rings. The van der Waals surface area contributed by atoms with Crippen molar-refractivity contribution in [2.24, 2.45) is 0 Å². The number of hydrogen-bond donors (Lipinski definition) is 2. The number of anilines is 1. The van der Waals surface area contributed by atoms with E-state index in [1.807, 2.05) is 0 Å². The Morgan fingerprint density at radius 2 is 1.92 bits per heavy atom. The average molecular weight is 202 g/mol. The van der Waals surface area contributed by atoms with Gasteiger partial charge in [0.1, 0.15) is 0 Å². The second kappa shape index (κ2) is 3.89. The zero-order valence-electron chi connectivity index (χ0n) is 8.13. The van der Waals surface area contributed by atoms with Gasteiger partial charge in [0.05, 0.1) is 11.1 Å². The van der Waals surface area contributed by atoms with Crippen molar-refractivity contribution in [3.05, 3.63) is 29.3 Å². The van der Waals surface area contributed by atoms with E-state index in [1.165, 1.54) is 0 Å². The molecule has 2 rings (SSSR count). The summed E-state index contributed by atoms with van der Waals surface area (Å²) in [6.45, 7) is 0. The summed E-state index contributed by atoms with van der Waals surface area (Å²) in [5.74, 6) is -0.782. The van der Waals surface area contributed by atoms with Crippen LogP contribution in [0.15, 0.2) is 18.2 Å². The molecule has 0 unspecified atom stereocenters. The van der Waals surface area contributed by atoms with Gasteiger partial charge >= 0.3 is 51.4 Å². The third kappa shape index (κ3) is 1.70. The number of hydrogen-bond acceptors (Lipinski definition) is 3. The van der Waals surface area contributed by atoms with Crippen LogP contribution >= 0.6 is 0 Å². The van der Waals surface area contributed by atoms with Gasteiger partial charge in [-0.1, -0.05) is 6.07 Å². The molecule has 13 heavy (non-hydrogen) atoms. The first kappa shape index (κ1) is 10.9. The number of amides is 2. The molecule has 1 aromatic rings. The first-order chi connectivity index (χ1) is 5.70. The SMILES string of the molecule is Nc1cccc2c1C(=O)NC2=O.[H-].[K+]. The molecule has 1 aromatic carbocycles.